The zero-order valence-corrected chi connectivity index (χ0v) is 10.9. The van der Waals surface area contributed by atoms with Crippen LogP contribution >= 0.6 is 0 Å². The Morgan fingerprint density at radius 2 is 1.78 bits per heavy atom. The molecule has 0 unspecified atom stereocenters. The van der Waals surface area contributed by atoms with Gasteiger partial charge in [0.1, 0.15) is 0 Å². The molecule has 0 saturated heterocycles. The predicted molar refractivity (Wildman–Crippen MR) is 71.6 cm³/mol. The fraction of sp³-hybridized carbons (Fsp3) is 0.385. The lowest BCUT2D eigenvalue weighted by Gasteiger charge is -2.17. The van der Waals surface area contributed by atoms with E-state index in [1.807, 2.05) is 13.8 Å². The maximum absolute atomic E-state index is 11.4. The fourth-order valence-electron chi connectivity index (χ4n) is 1.66. The molecule has 0 aliphatic carbocycles. The highest BCUT2D eigenvalue weighted by Crippen LogP contribution is 2.22. The van der Waals surface area contributed by atoms with Crippen molar-refractivity contribution < 1.29 is 9.59 Å². The van der Waals surface area contributed by atoms with E-state index >= 15 is 0 Å². The number of anilines is 1. The number of nitrogens with one attached hydrogen (secondary N) is 1. The van der Waals surface area contributed by atoms with Gasteiger partial charge in [0.25, 0.3) is 5.91 Å². The van der Waals surface area contributed by atoms with Crippen molar-refractivity contribution in [3.63, 3.8) is 0 Å². The van der Waals surface area contributed by atoms with Gasteiger partial charge in [0.05, 0.1) is 5.56 Å². The van der Waals surface area contributed by atoms with Crippen molar-refractivity contribution in [2.45, 2.75) is 33.2 Å². The Kier molecular flexibility index (Phi) is 4.31. The first-order valence-electron chi connectivity index (χ1n) is 5.87. The molecular weight excluding hydrogens is 230 g/mol. The molecule has 1 aromatic carbocycles. The number of nitrogens with two attached hydrogens (primary N) is 2. The number of primary amides is 2. The van der Waals surface area contributed by atoms with Gasteiger partial charge in [-0.05, 0) is 38.0 Å². The maximum atomic E-state index is 11.4. The number of benzene rings is 1. The summed E-state index contributed by atoms with van der Waals surface area (Å²) in [4.78, 5) is 22.7. The third-order valence-corrected chi connectivity index (χ3v) is 2.91. The summed E-state index contributed by atoms with van der Waals surface area (Å²) in [5, 5.41) is 3.16. The zero-order valence-electron chi connectivity index (χ0n) is 10.9. The second-order valence-electron chi connectivity index (χ2n) is 4.39. The summed E-state index contributed by atoms with van der Waals surface area (Å²) in [6, 6.07) is 3.35. The molecule has 0 fully saturated rings. The Morgan fingerprint density at radius 1 is 1.22 bits per heavy atom. The van der Waals surface area contributed by atoms with Crippen molar-refractivity contribution in [1.82, 2.24) is 0 Å². The van der Waals surface area contributed by atoms with Crippen molar-refractivity contribution in [3.8, 4) is 0 Å². The van der Waals surface area contributed by atoms with Crippen LogP contribution in [0.5, 0.6) is 0 Å². The fourth-order valence-corrected chi connectivity index (χ4v) is 1.66. The molecule has 98 valence electrons. The van der Waals surface area contributed by atoms with Crippen LogP contribution in [0.1, 0.15) is 46.5 Å². The smallest absolute Gasteiger partial charge is 0.250 e. The van der Waals surface area contributed by atoms with Gasteiger partial charge < -0.3 is 16.8 Å². The third-order valence-electron chi connectivity index (χ3n) is 2.91. The van der Waals surface area contributed by atoms with Gasteiger partial charge in [-0.15, -0.1) is 0 Å². The van der Waals surface area contributed by atoms with E-state index in [0.717, 1.165) is 6.42 Å². The minimum atomic E-state index is -0.528. The van der Waals surface area contributed by atoms with E-state index in [1.54, 1.807) is 19.1 Å². The number of rotatable bonds is 5. The number of carbonyl (C=O) groups excluding carboxylic acids is 2. The van der Waals surface area contributed by atoms with Crippen LogP contribution in [-0.2, 0) is 0 Å². The Morgan fingerprint density at radius 3 is 2.22 bits per heavy atom. The van der Waals surface area contributed by atoms with Crippen LogP contribution in [0.3, 0.4) is 0 Å². The van der Waals surface area contributed by atoms with Crippen molar-refractivity contribution in [2.24, 2.45) is 11.5 Å². The van der Waals surface area contributed by atoms with Crippen molar-refractivity contribution in [2.75, 3.05) is 5.32 Å². The first kappa shape index (κ1) is 14.0. The topological polar surface area (TPSA) is 98.2 Å². The lowest BCUT2D eigenvalue weighted by atomic mass is 10.0. The molecule has 0 radical (unpaired) electrons. The van der Waals surface area contributed by atoms with E-state index < -0.39 is 11.8 Å². The minimum absolute atomic E-state index is 0.173. The Balaban J connectivity index is 3.30. The summed E-state index contributed by atoms with van der Waals surface area (Å²) in [6.45, 7) is 5.72. The van der Waals surface area contributed by atoms with Gasteiger partial charge in [0.15, 0.2) is 0 Å². The van der Waals surface area contributed by atoms with Crippen molar-refractivity contribution >= 4 is 17.5 Å². The van der Waals surface area contributed by atoms with Crippen LogP contribution in [0.2, 0.25) is 0 Å². The number of aryl methyl sites for hydroxylation is 1. The van der Waals surface area contributed by atoms with Gasteiger partial charge in [-0.3, -0.25) is 9.59 Å². The van der Waals surface area contributed by atoms with E-state index in [-0.39, 0.29) is 6.04 Å². The zero-order chi connectivity index (χ0) is 13.9. The summed E-state index contributed by atoms with van der Waals surface area (Å²) in [5.74, 6) is -1.05. The molecule has 0 aliphatic heterocycles. The SMILES string of the molecule is CC[C@H](C)Nc1cc(C(N)=O)c(C)cc1C(N)=O. The molecule has 5 heteroatoms. The molecule has 0 aliphatic rings. The maximum Gasteiger partial charge on any atom is 0.250 e. The van der Waals surface area contributed by atoms with Crippen LogP contribution < -0.4 is 16.8 Å². The minimum Gasteiger partial charge on any atom is -0.382 e. The van der Waals surface area contributed by atoms with E-state index in [2.05, 4.69) is 5.32 Å². The number of hydrogen-bond acceptors (Lipinski definition) is 3. The molecule has 0 aromatic heterocycles. The highest BCUT2D eigenvalue weighted by molar-refractivity contribution is 6.02. The summed E-state index contributed by atoms with van der Waals surface area (Å²) in [7, 11) is 0. The molecule has 1 aromatic rings. The summed E-state index contributed by atoms with van der Waals surface area (Å²) >= 11 is 0. The molecule has 2 amide bonds. The van der Waals surface area contributed by atoms with Crippen LogP contribution in [0, 0.1) is 6.92 Å². The molecule has 18 heavy (non-hydrogen) atoms. The molecule has 5 nitrogen and oxygen atoms in total. The number of carbonyl (C=O) groups is 2. The quantitative estimate of drug-likeness (QED) is 0.735. The van der Waals surface area contributed by atoms with Gasteiger partial charge in [-0.2, -0.15) is 0 Å². The van der Waals surface area contributed by atoms with Gasteiger partial charge in [-0.25, -0.2) is 0 Å². The standard InChI is InChI=1S/C13H19N3O2/c1-4-8(3)16-11-6-9(12(14)17)7(2)5-10(11)13(15)18/h5-6,8,16H,4H2,1-3H3,(H2,14,17)(H2,15,18)/t8-/m0/s1. The molecule has 0 bridgehead atoms. The van der Waals surface area contributed by atoms with Crippen molar-refractivity contribution in [3.05, 3.63) is 28.8 Å². The van der Waals surface area contributed by atoms with Gasteiger partial charge in [0.2, 0.25) is 5.91 Å². The van der Waals surface area contributed by atoms with Gasteiger partial charge in [-0.1, -0.05) is 6.92 Å². The lowest BCUT2D eigenvalue weighted by Crippen LogP contribution is -2.21. The van der Waals surface area contributed by atoms with E-state index in [1.165, 1.54) is 0 Å². The van der Waals surface area contributed by atoms with Crippen LogP contribution in [-0.4, -0.2) is 17.9 Å². The second kappa shape index (κ2) is 5.53. The summed E-state index contributed by atoms with van der Waals surface area (Å²) in [5.41, 5.74) is 12.6. The van der Waals surface area contributed by atoms with Crippen LogP contribution in [0.25, 0.3) is 0 Å². The molecule has 1 rings (SSSR count). The Labute approximate surface area is 107 Å². The monoisotopic (exact) mass is 249 g/mol. The summed E-state index contributed by atoms with van der Waals surface area (Å²) < 4.78 is 0. The van der Waals surface area contributed by atoms with Crippen molar-refractivity contribution in [1.29, 1.82) is 0 Å². The van der Waals surface area contributed by atoms with Gasteiger partial charge in [0, 0.05) is 17.3 Å². The highest BCUT2D eigenvalue weighted by atomic mass is 16.1. The van der Waals surface area contributed by atoms with E-state index in [9.17, 15) is 9.59 Å². The molecule has 5 N–H and O–H groups in total. The Hall–Kier alpha value is -2.04. The molecule has 1 atom stereocenters. The van der Waals surface area contributed by atoms with Crippen LogP contribution in [0.15, 0.2) is 12.1 Å². The number of amides is 2. The predicted octanol–water partition coefficient (Wildman–Crippen LogP) is 1.40. The Bertz CT molecular complexity index is 483. The molecular formula is C13H19N3O2. The van der Waals surface area contributed by atoms with Gasteiger partial charge >= 0.3 is 0 Å². The molecule has 0 heterocycles. The average Bonchev–Trinajstić information content (AvgIpc) is 2.29. The van der Waals surface area contributed by atoms with E-state index in [0.29, 0.717) is 22.4 Å². The highest BCUT2D eigenvalue weighted by Gasteiger charge is 2.15. The lowest BCUT2D eigenvalue weighted by molar-refractivity contribution is 0.0988. The third kappa shape index (κ3) is 3.00. The number of hydrogen-bond donors (Lipinski definition) is 3. The molecule has 0 saturated carbocycles. The largest absolute Gasteiger partial charge is 0.382 e. The first-order valence-corrected chi connectivity index (χ1v) is 5.87. The molecule has 0 spiro atoms. The normalized spacial score (nSPS) is 11.9. The average molecular weight is 249 g/mol. The van der Waals surface area contributed by atoms with Crippen LogP contribution in [0.4, 0.5) is 5.69 Å². The van der Waals surface area contributed by atoms with E-state index in [4.69, 9.17) is 11.5 Å². The summed E-state index contributed by atoms with van der Waals surface area (Å²) in [6.07, 6.45) is 0.887. The second-order valence-corrected chi connectivity index (χ2v) is 4.39. The first-order chi connectivity index (χ1) is 8.36.